The second-order valence-corrected chi connectivity index (χ2v) is 7.30. The van der Waals surface area contributed by atoms with E-state index in [1.54, 1.807) is 24.3 Å². The van der Waals surface area contributed by atoms with Gasteiger partial charge in [-0.3, -0.25) is 9.59 Å². The van der Waals surface area contributed by atoms with Crippen LogP contribution in [0, 0.1) is 12.7 Å². The van der Waals surface area contributed by atoms with Gasteiger partial charge in [0, 0.05) is 25.5 Å². The molecule has 3 aromatic carbocycles. The first-order valence-electron chi connectivity index (χ1n) is 9.76. The number of halogens is 1. The molecule has 0 unspecified atom stereocenters. The van der Waals surface area contributed by atoms with E-state index in [0.717, 1.165) is 11.3 Å². The first kappa shape index (κ1) is 21.8. The van der Waals surface area contributed by atoms with Crippen LogP contribution in [-0.4, -0.2) is 25.9 Å². The van der Waals surface area contributed by atoms with Crippen molar-refractivity contribution in [2.24, 2.45) is 0 Å². The van der Waals surface area contributed by atoms with Gasteiger partial charge in [-0.15, -0.1) is 0 Å². The third-order valence-electron chi connectivity index (χ3n) is 4.64. The summed E-state index contributed by atoms with van der Waals surface area (Å²) in [5.74, 6) is -1.87. The predicted molar refractivity (Wildman–Crippen MR) is 122 cm³/mol. The minimum Gasteiger partial charge on any atom is -0.378 e. The van der Waals surface area contributed by atoms with Crippen molar-refractivity contribution in [1.82, 2.24) is 5.32 Å². The van der Waals surface area contributed by atoms with Crippen LogP contribution in [0.2, 0.25) is 0 Å². The van der Waals surface area contributed by atoms with E-state index < -0.39 is 17.6 Å². The summed E-state index contributed by atoms with van der Waals surface area (Å²) in [6, 6.07) is 20.4. The summed E-state index contributed by atoms with van der Waals surface area (Å²) in [5, 5.41) is 5.32. The molecule has 0 aliphatic carbocycles. The molecule has 0 fully saturated rings. The maximum Gasteiger partial charge on any atom is 0.272 e. The molecular formula is C25H24FN3O2. The van der Waals surface area contributed by atoms with Crippen molar-refractivity contribution in [2.45, 2.75) is 6.92 Å². The normalized spacial score (nSPS) is 11.0. The number of carbonyl (C=O) groups excluding carboxylic acids is 2. The standard InChI is InChI=1S/C25H24FN3O2/c1-17-8-12-19(13-9-17)27-25(31)23(16-18-10-14-20(15-11-18)29(2)3)28-24(30)21-6-4-5-7-22(21)26/h4-16H,1-3H3,(H,27,31)(H,28,30). The Morgan fingerprint density at radius 2 is 1.55 bits per heavy atom. The average Bonchev–Trinajstić information content (AvgIpc) is 2.75. The Morgan fingerprint density at radius 3 is 2.16 bits per heavy atom. The maximum atomic E-state index is 14.0. The lowest BCUT2D eigenvalue weighted by molar-refractivity contribution is -0.113. The average molecular weight is 417 g/mol. The van der Waals surface area contributed by atoms with Gasteiger partial charge in [0.05, 0.1) is 5.56 Å². The van der Waals surface area contributed by atoms with Gasteiger partial charge in [0.25, 0.3) is 11.8 Å². The van der Waals surface area contributed by atoms with E-state index in [4.69, 9.17) is 0 Å². The highest BCUT2D eigenvalue weighted by molar-refractivity contribution is 6.10. The Balaban J connectivity index is 1.90. The number of nitrogens with one attached hydrogen (secondary N) is 2. The van der Waals surface area contributed by atoms with Crippen LogP contribution in [0.5, 0.6) is 0 Å². The van der Waals surface area contributed by atoms with E-state index in [2.05, 4.69) is 10.6 Å². The van der Waals surface area contributed by atoms with Crippen LogP contribution in [0.15, 0.2) is 78.5 Å². The van der Waals surface area contributed by atoms with Crippen molar-refractivity contribution in [3.63, 3.8) is 0 Å². The van der Waals surface area contributed by atoms with E-state index >= 15 is 0 Å². The maximum absolute atomic E-state index is 14.0. The summed E-state index contributed by atoms with van der Waals surface area (Å²) in [7, 11) is 3.86. The lowest BCUT2D eigenvalue weighted by Gasteiger charge is -2.13. The molecule has 0 bridgehead atoms. The fourth-order valence-corrected chi connectivity index (χ4v) is 2.86. The number of rotatable bonds is 6. The second-order valence-electron chi connectivity index (χ2n) is 7.30. The van der Waals surface area contributed by atoms with Gasteiger partial charge >= 0.3 is 0 Å². The number of carbonyl (C=O) groups is 2. The van der Waals surface area contributed by atoms with Gasteiger partial charge in [-0.2, -0.15) is 0 Å². The summed E-state index contributed by atoms with van der Waals surface area (Å²) < 4.78 is 14.0. The molecule has 158 valence electrons. The molecule has 0 heterocycles. The summed E-state index contributed by atoms with van der Waals surface area (Å²) in [6.07, 6.45) is 1.56. The molecule has 0 aromatic heterocycles. The zero-order chi connectivity index (χ0) is 22.4. The van der Waals surface area contributed by atoms with Crippen LogP contribution in [0.1, 0.15) is 21.5 Å². The van der Waals surface area contributed by atoms with Crippen LogP contribution in [0.25, 0.3) is 6.08 Å². The predicted octanol–water partition coefficient (Wildman–Crippen LogP) is 4.61. The molecule has 3 rings (SSSR count). The molecular weight excluding hydrogens is 393 g/mol. The number of amides is 2. The Hall–Kier alpha value is -3.93. The monoisotopic (exact) mass is 417 g/mol. The highest BCUT2D eigenvalue weighted by atomic mass is 19.1. The molecule has 2 amide bonds. The number of nitrogens with zero attached hydrogens (tertiary/aromatic N) is 1. The zero-order valence-corrected chi connectivity index (χ0v) is 17.6. The topological polar surface area (TPSA) is 61.4 Å². The number of hydrogen-bond donors (Lipinski definition) is 2. The van der Waals surface area contributed by atoms with Crippen LogP contribution in [0.4, 0.5) is 15.8 Å². The summed E-state index contributed by atoms with van der Waals surface area (Å²) >= 11 is 0. The summed E-state index contributed by atoms with van der Waals surface area (Å²) in [5.41, 5.74) is 3.23. The Labute approximate surface area is 181 Å². The van der Waals surface area contributed by atoms with Crippen molar-refractivity contribution >= 4 is 29.3 Å². The Kier molecular flexibility index (Phi) is 6.82. The highest BCUT2D eigenvalue weighted by Crippen LogP contribution is 2.16. The molecule has 0 spiro atoms. The van der Waals surface area contributed by atoms with Crippen LogP contribution in [-0.2, 0) is 4.79 Å². The smallest absolute Gasteiger partial charge is 0.272 e. The zero-order valence-electron chi connectivity index (χ0n) is 17.6. The molecule has 31 heavy (non-hydrogen) atoms. The molecule has 0 aliphatic heterocycles. The van der Waals surface area contributed by atoms with Gasteiger partial charge < -0.3 is 15.5 Å². The van der Waals surface area contributed by atoms with Crippen molar-refractivity contribution in [3.8, 4) is 0 Å². The van der Waals surface area contributed by atoms with Crippen LogP contribution in [0.3, 0.4) is 0 Å². The van der Waals surface area contributed by atoms with E-state index in [-0.39, 0.29) is 11.3 Å². The quantitative estimate of drug-likeness (QED) is 0.576. The Bertz CT molecular complexity index is 1100. The first-order valence-corrected chi connectivity index (χ1v) is 9.76. The van der Waals surface area contributed by atoms with Gasteiger partial charge in [0.2, 0.25) is 0 Å². The summed E-state index contributed by atoms with van der Waals surface area (Å²) in [4.78, 5) is 27.5. The first-order chi connectivity index (χ1) is 14.8. The third kappa shape index (κ3) is 5.79. The van der Waals surface area contributed by atoms with E-state index in [9.17, 15) is 14.0 Å². The van der Waals surface area contributed by atoms with Crippen molar-refractivity contribution in [1.29, 1.82) is 0 Å². The van der Waals surface area contributed by atoms with Crippen LogP contribution < -0.4 is 15.5 Å². The molecule has 2 N–H and O–H groups in total. The number of aryl methyl sites for hydroxylation is 1. The molecule has 0 saturated carbocycles. The molecule has 0 radical (unpaired) electrons. The minimum absolute atomic E-state index is 0.00595. The fourth-order valence-electron chi connectivity index (χ4n) is 2.86. The number of benzene rings is 3. The third-order valence-corrected chi connectivity index (χ3v) is 4.64. The number of hydrogen-bond acceptors (Lipinski definition) is 3. The number of anilines is 2. The van der Waals surface area contributed by atoms with Crippen molar-refractivity contribution in [2.75, 3.05) is 24.3 Å². The minimum atomic E-state index is -0.701. The van der Waals surface area contributed by atoms with E-state index in [1.165, 1.54) is 18.2 Å². The van der Waals surface area contributed by atoms with Crippen molar-refractivity contribution in [3.05, 3.63) is 101 Å². The van der Waals surface area contributed by atoms with Gasteiger partial charge in [0.1, 0.15) is 11.5 Å². The molecule has 0 aliphatic rings. The van der Waals surface area contributed by atoms with Gasteiger partial charge in [-0.05, 0) is 55.0 Å². The highest BCUT2D eigenvalue weighted by Gasteiger charge is 2.17. The lowest BCUT2D eigenvalue weighted by atomic mass is 10.1. The molecule has 3 aromatic rings. The van der Waals surface area contributed by atoms with Gasteiger partial charge in [-0.1, -0.05) is 42.0 Å². The Morgan fingerprint density at radius 1 is 0.903 bits per heavy atom. The second kappa shape index (κ2) is 9.71. The molecule has 0 saturated heterocycles. The summed E-state index contributed by atoms with van der Waals surface area (Å²) in [6.45, 7) is 1.95. The SMILES string of the molecule is Cc1ccc(NC(=O)C(=Cc2ccc(N(C)C)cc2)NC(=O)c2ccccc2F)cc1. The van der Waals surface area contributed by atoms with Gasteiger partial charge in [0.15, 0.2) is 0 Å². The molecule has 5 nitrogen and oxygen atoms in total. The molecule has 6 heteroatoms. The van der Waals surface area contributed by atoms with Crippen LogP contribution >= 0.6 is 0 Å². The fraction of sp³-hybridized carbons (Fsp3) is 0.120. The van der Waals surface area contributed by atoms with Crippen molar-refractivity contribution < 1.29 is 14.0 Å². The largest absolute Gasteiger partial charge is 0.378 e. The van der Waals surface area contributed by atoms with E-state index in [0.29, 0.717) is 11.3 Å². The lowest BCUT2D eigenvalue weighted by Crippen LogP contribution is -2.31. The van der Waals surface area contributed by atoms with Gasteiger partial charge in [-0.25, -0.2) is 4.39 Å². The molecule has 0 atom stereocenters. The van der Waals surface area contributed by atoms with E-state index in [1.807, 2.05) is 62.3 Å².